The van der Waals surface area contributed by atoms with Gasteiger partial charge in [0.25, 0.3) is 0 Å². The summed E-state index contributed by atoms with van der Waals surface area (Å²) in [5.41, 5.74) is 0.780. The van der Waals surface area contributed by atoms with Crippen LogP contribution < -0.4 is 9.47 Å². The molecule has 2 N–H and O–H groups in total. The highest BCUT2D eigenvalue weighted by Crippen LogP contribution is 2.28. The second-order valence-corrected chi connectivity index (χ2v) is 4.51. The highest BCUT2D eigenvalue weighted by Gasteiger charge is 2.09. The number of carbonyl (C=O) groups is 1. The third-order valence-corrected chi connectivity index (χ3v) is 3.09. The number of hydrogen-bond donors (Lipinski definition) is 2. The summed E-state index contributed by atoms with van der Waals surface area (Å²) in [6.45, 7) is 0. The van der Waals surface area contributed by atoms with Gasteiger partial charge in [0.15, 0.2) is 17.3 Å². The molecule has 5 nitrogen and oxygen atoms in total. The molecule has 0 spiro atoms. The Morgan fingerprint density at radius 2 is 1.73 bits per heavy atom. The Morgan fingerprint density at radius 1 is 1.00 bits per heavy atom. The molecule has 0 bridgehead atoms. The average Bonchev–Trinajstić information content (AvgIpc) is 2.54. The van der Waals surface area contributed by atoms with E-state index in [1.165, 1.54) is 44.6 Å². The van der Waals surface area contributed by atoms with Crippen molar-refractivity contribution in [1.82, 2.24) is 0 Å². The maximum atomic E-state index is 12.2. The van der Waals surface area contributed by atoms with E-state index in [-0.39, 0.29) is 17.3 Å². The first-order valence-electron chi connectivity index (χ1n) is 6.51. The van der Waals surface area contributed by atoms with Crippen LogP contribution in [0, 0.1) is 0 Å². The number of rotatable bonds is 5. The van der Waals surface area contributed by atoms with Crippen LogP contribution in [0.25, 0.3) is 6.08 Å². The lowest BCUT2D eigenvalue weighted by molar-refractivity contribution is 0.104. The Morgan fingerprint density at radius 3 is 2.41 bits per heavy atom. The number of allylic oxidation sites excluding steroid dienone is 1. The molecule has 0 aliphatic carbocycles. The quantitative estimate of drug-likeness (QED) is 0.504. The highest BCUT2D eigenvalue weighted by atomic mass is 16.5. The van der Waals surface area contributed by atoms with Gasteiger partial charge >= 0.3 is 0 Å². The number of ether oxygens (including phenoxy) is 2. The molecular weight excluding hydrogens is 284 g/mol. The smallest absolute Gasteiger partial charge is 0.185 e. The van der Waals surface area contributed by atoms with Crippen molar-refractivity contribution in [3.8, 4) is 23.0 Å². The number of carbonyl (C=O) groups excluding carboxylic acids is 1. The predicted molar refractivity (Wildman–Crippen MR) is 82.7 cm³/mol. The number of aromatic hydroxyl groups is 2. The summed E-state index contributed by atoms with van der Waals surface area (Å²) in [6, 6.07) is 8.93. The second-order valence-electron chi connectivity index (χ2n) is 4.51. The molecule has 114 valence electrons. The molecule has 0 fully saturated rings. The maximum Gasteiger partial charge on any atom is 0.185 e. The Hall–Kier alpha value is -2.95. The second kappa shape index (κ2) is 6.67. The van der Waals surface area contributed by atoms with E-state index in [4.69, 9.17) is 9.47 Å². The van der Waals surface area contributed by atoms with E-state index < -0.39 is 0 Å². The number of methoxy groups -OCH3 is 2. The molecule has 0 heterocycles. The van der Waals surface area contributed by atoms with Crippen molar-refractivity contribution in [2.75, 3.05) is 14.2 Å². The minimum absolute atomic E-state index is 0.0102. The van der Waals surface area contributed by atoms with Gasteiger partial charge in [-0.25, -0.2) is 0 Å². The molecule has 0 saturated carbocycles. The zero-order valence-corrected chi connectivity index (χ0v) is 12.2. The van der Waals surface area contributed by atoms with Crippen molar-refractivity contribution in [3.63, 3.8) is 0 Å². The van der Waals surface area contributed by atoms with Gasteiger partial charge < -0.3 is 19.7 Å². The Balaban J connectivity index is 2.25. The van der Waals surface area contributed by atoms with Crippen molar-refractivity contribution < 1.29 is 24.5 Å². The van der Waals surface area contributed by atoms with Crippen LogP contribution in [0.1, 0.15) is 15.9 Å². The molecule has 2 aromatic rings. The Kier molecular flexibility index (Phi) is 4.68. The zero-order chi connectivity index (χ0) is 16.1. The van der Waals surface area contributed by atoms with Crippen LogP contribution in [0.5, 0.6) is 23.0 Å². The SMILES string of the molecule is COc1ccc(C(=O)C=Cc2cc(O)ccc2O)cc1OC. The fourth-order valence-corrected chi connectivity index (χ4v) is 1.93. The predicted octanol–water partition coefficient (Wildman–Crippen LogP) is 3.01. The minimum atomic E-state index is -0.260. The third-order valence-electron chi connectivity index (χ3n) is 3.09. The van der Waals surface area contributed by atoms with Crippen molar-refractivity contribution >= 4 is 11.9 Å². The van der Waals surface area contributed by atoms with E-state index in [9.17, 15) is 15.0 Å². The molecule has 2 rings (SSSR count). The summed E-state index contributed by atoms with van der Waals surface area (Å²) in [5, 5.41) is 19.0. The maximum absolute atomic E-state index is 12.2. The highest BCUT2D eigenvalue weighted by molar-refractivity contribution is 6.07. The standard InChI is InChI=1S/C17H16O5/c1-21-16-8-4-12(10-17(16)22-2)14(19)6-3-11-9-13(18)5-7-15(11)20/h3-10,18,20H,1-2H3. The summed E-state index contributed by atoms with van der Waals surface area (Å²) in [7, 11) is 3.01. The van der Waals surface area contributed by atoms with E-state index in [1.54, 1.807) is 18.2 Å². The number of benzene rings is 2. The van der Waals surface area contributed by atoms with E-state index in [0.29, 0.717) is 22.6 Å². The normalized spacial score (nSPS) is 10.6. The first-order valence-corrected chi connectivity index (χ1v) is 6.51. The molecule has 0 aliphatic rings. The summed E-state index contributed by atoms with van der Waals surface area (Å²) in [6.07, 6.45) is 2.75. The third kappa shape index (κ3) is 3.38. The monoisotopic (exact) mass is 300 g/mol. The molecule has 0 radical (unpaired) electrons. The van der Waals surface area contributed by atoms with E-state index in [0.717, 1.165) is 0 Å². The molecule has 5 heteroatoms. The van der Waals surface area contributed by atoms with Gasteiger partial charge in [-0.2, -0.15) is 0 Å². The summed E-state index contributed by atoms with van der Waals surface area (Å²) < 4.78 is 10.3. The van der Waals surface area contributed by atoms with Gasteiger partial charge in [0.1, 0.15) is 11.5 Å². The average molecular weight is 300 g/mol. The first-order chi connectivity index (χ1) is 10.5. The van der Waals surface area contributed by atoms with Gasteiger partial charge in [-0.1, -0.05) is 0 Å². The molecule has 0 aromatic heterocycles. The molecule has 0 saturated heterocycles. The Labute approximate surface area is 128 Å². The van der Waals surface area contributed by atoms with Gasteiger partial charge in [0, 0.05) is 11.1 Å². The van der Waals surface area contributed by atoms with Crippen molar-refractivity contribution in [1.29, 1.82) is 0 Å². The molecule has 0 amide bonds. The number of phenols is 2. The summed E-state index contributed by atoms with van der Waals surface area (Å²) >= 11 is 0. The molecule has 0 atom stereocenters. The van der Waals surface area contributed by atoms with Crippen LogP contribution in [-0.2, 0) is 0 Å². The van der Waals surface area contributed by atoms with Crippen LogP contribution in [-0.4, -0.2) is 30.2 Å². The van der Waals surface area contributed by atoms with Gasteiger partial charge in [0.2, 0.25) is 0 Å². The van der Waals surface area contributed by atoms with E-state index >= 15 is 0 Å². The number of phenolic OH excluding ortho intramolecular Hbond substituents is 2. The number of ketones is 1. The Bertz CT molecular complexity index is 719. The summed E-state index contributed by atoms with van der Waals surface area (Å²) in [4.78, 5) is 12.2. The number of hydrogen-bond acceptors (Lipinski definition) is 5. The van der Waals surface area contributed by atoms with Crippen LogP contribution >= 0.6 is 0 Å². The van der Waals surface area contributed by atoms with Crippen LogP contribution in [0.2, 0.25) is 0 Å². The fourth-order valence-electron chi connectivity index (χ4n) is 1.93. The molecule has 0 aliphatic heterocycles. The van der Waals surface area contributed by atoms with Crippen molar-refractivity contribution in [2.45, 2.75) is 0 Å². The van der Waals surface area contributed by atoms with E-state index in [1.807, 2.05) is 0 Å². The largest absolute Gasteiger partial charge is 0.508 e. The molecule has 2 aromatic carbocycles. The minimum Gasteiger partial charge on any atom is -0.508 e. The molecule has 0 unspecified atom stereocenters. The molecule has 22 heavy (non-hydrogen) atoms. The van der Waals surface area contributed by atoms with Gasteiger partial charge in [-0.15, -0.1) is 0 Å². The van der Waals surface area contributed by atoms with Crippen LogP contribution in [0.4, 0.5) is 0 Å². The van der Waals surface area contributed by atoms with Gasteiger partial charge in [-0.05, 0) is 48.6 Å². The van der Waals surface area contributed by atoms with Crippen LogP contribution in [0.3, 0.4) is 0 Å². The fraction of sp³-hybridized carbons (Fsp3) is 0.118. The topological polar surface area (TPSA) is 76.0 Å². The van der Waals surface area contributed by atoms with Crippen LogP contribution in [0.15, 0.2) is 42.5 Å². The van der Waals surface area contributed by atoms with Crippen molar-refractivity contribution in [3.05, 3.63) is 53.6 Å². The lowest BCUT2D eigenvalue weighted by Crippen LogP contribution is -1.97. The zero-order valence-electron chi connectivity index (χ0n) is 12.2. The summed E-state index contributed by atoms with van der Waals surface area (Å²) in [5.74, 6) is 0.726. The van der Waals surface area contributed by atoms with Gasteiger partial charge in [0.05, 0.1) is 14.2 Å². The lowest BCUT2D eigenvalue weighted by atomic mass is 10.1. The van der Waals surface area contributed by atoms with Crippen molar-refractivity contribution in [2.24, 2.45) is 0 Å². The molecular formula is C17H16O5. The van der Waals surface area contributed by atoms with Gasteiger partial charge in [-0.3, -0.25) is 4.79 Å². The first kappa shape index (κ1) is 15.4. The van der Waals surface area contributed by atoms with E-state index in [2.05, 4.69) is 0 Å². The lowest BCUT2D eigenvalue weighted by Gasteiger charge is -2.08.